The molecule has 1 fully saturated rings. The molecule has 2 aromatic rings. The molecule has 0 unspecified atom stereocenters. The number of rotatable bonds is 6. The quantitative estimate of drug-likeness (QED) is 0.375. The number of halogens is 1. The van der Waals surface area contributed by atoms with Gasteiger partial charge in [-0.15, -0.1) is 34.2 Å². The second-order valence-electron chi connectivity index (χ2n) is 6.73. The Kier molecular flexibility index (Phi) is 8.99. The van der Waals surface area contributed by atoms with E-state index in [0.29, 0.717) is 12.6 Å². The van der Waals surface area contributed by atoms with Crippen molar-refractivity contribution in [2.24, 2.45) is 12.0 Å². The number of hydrogen-bond acceptors (Lipinski definition) is 4. The van der Waals surface area contributed by atoms with Gasteiger partial charge in [0.1, 0.15) is 12.9 Å². The molecular weight excluding hydrogens is 453 g/mol. The third-order valence-electron chi connectivity index (χ3n) is 4.71. The number of nitrogens with one attached hydrogen (secondary N) is 2. The molecule has 0 aliphatic carbocycles. The molecule has 0 atom stereocenters. The zero-order valence-electron chi connectivity index (χ0n) is 16.1. The van der Waals surface area contributed by atoms with Crippen LogP contribution in [0, 0.1) is 0 Å². The Morgan fingerprint density at radius 1 is 1.22 bits per heavy atom. The van der Waals surface area contributed by atoms with Gasteiger partial charge in [-0.3, -0.25) is 4.90 Å². The normalized spacial score (nSPS) is 16.0. The van der Waals surface area contributed by atoms with E-state index in [2.05, 4.69) is 68.0 Å². The van der Waals surface area contributed by atoms with Crippen LogP contribution in [0.1, 0.15) is 31.2 Å². The van der Waals surface area contributed by atoms with Crippen LogP contribution in [-0.2, 0) is 20.1 Å². The monoisotopic (exact) mass is 483 g/mol. The van der Waals surface area contributed by atoms with Gasteiger partial charge in [-0.2, -0.15) is 0 Å². The van der Waals surface area contributed by atoms with Crippen molar-refractivity contribution >= 4 is 29.9 Å². The van der Waals surface area contributed by atoms with Crippen LogP contribution in [0.25, 0.3) is 0 Å². The summed E-state index contributed by atoms with van der Waals surface area (Å²) in [7, 11) is 1.94. The molecule has 1 saturated heterocycles. The van der Waals surface area contributed by atoms with E-state index in [4.69, 9.17) is 0 Å². The minimum Gasteiger partial charge on any atom is -0.357 e. The molecule has 0 radical (unpaired) electrons. The van der Waals surface area contributed by atoms with Gasteiger partial charge >= 0.3 is 0 Å². The molecule has 0 bridgehead atoms. The summed E-state index contributed by atoms with van der Waals surface area (Å²) in [5, 5.41) is 14.9. The predicted octanol–water partition coefficient (Wildman–Crippen LogP) is 2.15. The number of guanidine groups is 1. The van der Waals surface area contributed by atoms with Crippen LogP contribution in [0.5, 0.6) is 0 Å². The second kappa shape index (κ2) is 11.2. The van der Waals surface area contributed by atoms with Gasteiger partial charge in [0.2, 0.25) is 0 Å². The maximum Gasteiger partial charge on any atom is 0.191 e. The van der Waals surface area contributed by atoms with E-state index in [-0.39, 0.29) is 24.0 Å². The van der Waals surface area contributed by atoms with E-state index in [1.54, 1.807) is 6.33 Å². The Morgan fingerprint density at radius 3 is 2.59 bits per heavy atom. The molecule has 1 aliphatic rings. The Balaban J connectivity index is 0.00000261. The van der Waals surface area contributed by atoms with Crippen LogP contribution in [0.2, 0.25) is 0 Å². The number of aryl methyl sites for hydroxylation is 1. The first-order chi connectivity index (χ1) is 12.7. The third kappa shape index (κ3) is 6.76. The lowest BCUT2D eigenvalue weighted by Crippen LogP contribution is -2.48. The zero-order valence-corrected chi connectivity index (χ0v) is 18.5. The van der Waals surface area contributed by atoms with Gasteiger partial charge in [0.25, 0.3) is 0 Å². The molecule has 3 rings (SSSR count). The van der Waals surface area contributed by atoms with Crippen molar-refractivity contribution in [1.82, 2.24) is 30.3 Å². The highest BCUT2D eigenvalue weighted by atomic mass is 127. The summed E-state index contributed by atoms with van der Waals surface area (Å²) in [6.45, 7) is 6.70. The molecule has 0 saturated carbocycles. The summed E-state index contributed by atoms with van der Waals surface area (Å²) < 4.78 is 1.90. The lowest BCUT2D eigenvalue weighted by Gasteiger charge is -2.33. The summed E-state index contributed by atoms with van der Waals surface area (Å²) in [6, 6.07) is 11.2. The summed E-state index contributed by atoms with van der Waals surface area (Å²) in [5.41, 5.74) is 1.39. The number of nitrogens with zero attached hydrogens (tertiary/aromatic N) is 5. The predicted molar refractivity (Wildman–Crippen MR) is 119 cm³/mol. The van der Waals surface area contributed by atoms with Crippen LogP contribution >= 0.6 is 24.0 Å². The standard InChI is InChI=1S/C19H29N7.HI/c1-3-20-19(21-13-18-24-22-15-25(18)2)23-17-9-11-26(12-10-17)14-16-7-5-4-6-8-16;/h4-8,15,17H,3,9-14H2,1-2H3,(H2,20,21,23);1H. The van der Waals surface area contributed by atoms with Crippen LogP contribution in [0.4, 0.5) is 0 Å². The summed E-state index contributed by atoms with van der Waals surface area (Å²) in [6.07, 6.45) is 3.95. The number of hydrogen-bond donors (Lipinski definition) is 2. The highest BCUT2D eigenvalue weighted by Crippen LogP contribution is 2.13. The van der Waals surface area contributed by atoms with E-state index in [0.717, 1.165) is 50.8 Å². The van der Waals surface area contributed by atoms with Gasteiger partial charge in [0.15, 0.2) is 11.8 Å². The van der Waals surface area contributed by atoms with E-state index in [1.165, 1.54) is 5.56 Å². The lowest BCUT2D eigenvalue weighted by atomic mass is 10.0. The van der Waals surface area contributed by atoms with Crippen molar-refractivity contribution < 1.29 is 0 Å². The van der Waals surface area contributed by atoms with Crippen molar-refractivity contribution in [3.63, 3.8) is 0 Å². The zero-order chi connectivity index (χ0) is 18.2. The number of likely N-dealkylation sites (tertiary alicyclic amines) is 1. The van der Waals surface area contributed by atoms with Crippen LogP contribution < -0.4 is 10.6 Å². The fraction of sp³-hybridized carbons (Fsp3) is 0.526. The maximum atomic E-state index is 4.66. The fourth-order valence-electron chi connectivity index (χ4n) is 3.19. The molecule has 148 valence electrons. The number of piperidine rings is 1. The molecule has 0 amide bonds. The Hall–Kier alpha value is -1.68. The highest BCUT2D eigenvalue weighted by molar-refractivity contribution is 14.0. The Labute approximate surface area is 178 Å². The van der Waals surface area contributed by atoms with Crippen LogP contribution in [0.15, 0.2) is 41.7 Å². The van der Waals surface area contributed by atoms with Crippen molar-refractivity contribution in [1.29, 1.82) is 0 Å². The molecule has 27 heavy (non-hydrogen) atoms. The maximum absolute atomic E-state index is 4.66. The van der Waals surface area contributed by atoms with E-state index < -0.39 is 0 Å². The first kappa shape index (κ1) is 21.6. The van der Waals surface area contributed by atoms with Crippen molar-refractivity contribution in [2.75, 3.05) is 19.6 Å². The third-order valence-corrected chi connectivity index (χ3v) is 4.71. The summed E-state index contributed by atoms with van der Waals surface area (Å²) in [4.78, 5) is 7.18. The van der Waals surface area contributed by atoms with Gasteiger partial charge < -0.3 is 15.2 Å². The van der Waals surface area contributed by atoms with Crippen LogP contribution in [0.3, 0.4) is 0 Å². The van der Waals surface area contributed by atoms with Gasteiger partial charge in [-0.05, 0) is 25.3 Å². The van der Waals surface area contributed by atoms with E-state index in [9.17, 15) is 0 Å². The van der Waals surface area contributed by atoms with Crippen LogP contribution in [-0.4, -0.2) is 51.3 Å². The minimum absolute atomic E-state index is 0. The molecule has 1 aliphatic heterocycles. The second-order valence-corrected chi connectivity index (χ2v) is 6.73. The molecule has 2 heterocycles. The molecule has 7 nitrogen and oxygen atoms in total. The molecule has 2 N–H and O–H groups in total. The van der Waals surface area contributed by atoms with Gasteiger partial charge in [-0.1, -0.05) is 30.3 Å². The molecule has 1 aromatic heterocycles. The summed E-state index contributed by atoms with van der Waals surface area (Å²) in [5.74, 6) is 1.72. The smallest absolute Gasteiger partial charge is 0.191 e. The first-order valence-corrected chi connectivity index (χ1v) is 9.38. The average molecular weight is 483 g/mol. The average Bonchev–Trinajstić information content (AvgIpc) is 3.07. The largest absolute Gasteiger partial charge is 0.357 e. The molecule has 8 heteroatoms. The van der Waals surface area contributed by atoms with Gasteiger partial charge in [0, 0.05) is 39.3 Å². The SMILES string of the molecule is CCNC(=NCc1nncn1C)NC1CCN(Cc2ccccc2)CC1.I. The topological polar surface area (TPSA) is 70.4 Å². The highest BCUT2D eigenvalue weighted by Gasteiger charge is 2.20. The van der Waals surface area contributed by atoms with E-state index >= 15 is 0 Å². The fourth-order valence-corrected chi connectivity index (χ4v) is 3.19. The molecule has 1 aromatic carbocycles. The van der Waals surface area contributed by atoms with Crippen molar-refractivity contribution in [3.05, 3.63) is 48.0 Å². The Morgan fingerprint density at radius 2 is 1.96 bits per heavy atom. The molecular formula is C19H30IN7. The van der Waals surface area contributed by atoms with Crippen molar-refractivity contribution in [2.45, 2.75) is 38.9 Å². The van der Waals surface area contributed by atoms with Crippen molar-refractivity contribution in [3.8, 4) is 0 Å². The van der Waals surface area contributed by atoms with Gasteiger partial charge in [0.05, 0.1) is 0 Å². The Bertz CT molecular complexity index is 693. The number of aliphatic imine (C=N–C) groups is 1. The van der Waals surface area contributed by atoms with E-state index in [1.807, 2.05) is 11.6 Å². The lowest BCUT2D eigenvalue weighted by molar-refractivity contribution is 0.198. The first-order valence-electron chi connectivity index (χ1n) is 9.38. The number of aromatic nitrogens is 3. The minimum atomic E-state index is 0. The number of benzene rings is 1. The molecule has 0 spiro atoms. The summed E-state index contributed by atoms with van der Waals surface area (Å²) >= 11 is 0. The van der Waals surface area contributed by atoms with Gasteiger partial charge in [-0.25, -0.2) is 4.99 Å².